The molecule has 3 aromatic rings. The highest BCUT2D eigenvalue weighted by atomic mass is 32.2. The number of hydrogen-bond acceptors (Lipinski definition) is 4. The van der Waals surface area contributed by atoms with E-state index < -0.39 is 10.9 Å². The first kappa shape index (κ1) is 19.0. The zero-order chi connectivity index (χ0) is 19.1. The van der Waals surface area contributed by atoms with Crippen molar-refractivity contribution in [2.75, 3.05) is 21.0 Å². The molecule has 1 unspecified atom stereocenters. The quantitative estimate of drug-likeness (QED) is 0.342. The van der Waals surface area contributed by atoms with Gasteiger partial charge in [-0.15, -0.1) is 0 Å². The fourth-order valence-electron chi connectivity index (χ4n) is 2.67. The molecule has 3 aromatic carbocycles. The fraction of sp³-hybridized carbons (Fsp3) is 0.136. The van der Waals surface area contributed by atoms with Crippen LogP contribution in [-0.4, -0.2) is 27.0 Å². The molecule has 0 amide bonds. The van der Waals surface area contributed by atoms with Crippen LogP contribution in [0, 0.1) is 0 Å². The molecule has 138 valence electrons. The smallest absolute Gasteiger partial charge is 0.343 e. The van der Waals surface area contributed by atoms with Crippen molar-refractivity contribution in [2.24, 2.45) is 0 Å². The maximum atomic E-state index is 12.3. The van der Waals surface area contributed by atoms with Crippen LogP contribution >= 0.6 is 0 Å². The molecule has 0 aliphatic heterocycles. The van der Waals surface area contributed by atoms with Crippen molar-refractivity contribution in [3.05, 3.63) is 84.4 Å². The average Bonchev–Trinajstić information content (AvgIpc) is 2.74. The summed E-state index contributed by atoms with van der Waals surface area (Å²) in [5.41, 5.74) is 0.576. The number of ether oxygens (including phenoxy) is 3. The van der Waals surface area contributed by atoms with Crippen LogP contribution in [-0.2, 0) is 20.4 Å². The summed E-state index contributed by atoms with van der Waals surface area (Å²) >= 11 is 0. The highest BCUT2D eigenvalue weighted by Crippen LogP contribution is 2.34. The predicted molar refractivity (Wildman–Crippen MR) is 105 cm³/mol. The van der Waals surface area contributed by atoms with Crippen molar-refractivity contribution in [1.82, 2.24) is 0 Å². The lowest BCUT2D eigenvalue weighted by Crippen LogP contribution is -2.12. The number of benzene rings is 3. The zero-order valence-corrected chi connectivity index (χ0v) is 16.1. The van der Waals surface area contributed by atoms with Crippen molar-refractivity contribution in [2.45, 2.75) is 14.7 Å². The van der Waals surface area contributed by atoms with Gasteiger partial charge in [0.05, 0.1) is 7.11 Å². The first-order chi connectivity index (χ1) is 13.2. The normalized spacial score (nSPS) is 11.6. The molecule has 0 fully saturated rings. The molecule has 1 atom stereocenters. The highest BCUT2D eigenvalue weighted by Gasteiger charge is 2.33. The first-order valence-electron chi connectivity index (χ1n) is 8.43. The lowest BCUT2D eigenvalue weighted by Gasteiger charge is -2.11. The lowest BCUT2D eigenvalue weighted by molar-refractivity contribution is 0.0511. The molecule has 0 aromatic heterocycles. The Morgan fingerprint density at radius 2 is 1.44 bits per heavy atom. The molecule has 0 saturated heterocycles. The molecular formula is C22H21O4S+. The van der Waals surface area contributed by atoms with E-state index in [0.29, 0.717) is 5.56 Å². The van der Waals surface area contributed by atoms with Crippen LogP contribution < -0.4 is 4.74 Å². The van der Waals surface area contributed by atoms with Crippen LogP contribution in [0.5, 0.6) is 5.75 Å². The summed E-state index contributed by atoms with van der Waals surface area (Å²) < 4.78 is 15.4. The molecule has 0 aliphatic rings. The second-order valence-electron chi connectivity index (χ2n) is 5.63. The van der Waals surface area contributed by atoms with Crippen LogP contribution in [0.3, 0.4) is 0 Å². The van der Waals surface area contributed by atoms with Gasteiger partial charge in [0.1, 0.15) is 22.2 Å². The molecule has 4 nitrogen and oxygen atoms in total. The molecular weight excluding hydrogens is 360 g/mol. The molecule has 0 aliphatic carbocycles. The maximum Gasteiger partial charge on any atom is 0.343 e. The van der Waals surface area contributed by atoms with Crippen molar-refractivity contribution in [1.29, 1.82) is 0 Å². The van der Waals surface area contributed by atoms with E-state index in [1.54, 1.807) is 13.2 Å². The Morgan fingerprint density at radius 3 is 2.11 bits per heavy atom. The molecule has 0 spiro atoms. The van der Waals surface area contributed by atoms with Crippen molar-refractivity contribution in [3.63, 3.8) is 0 Å². The molecule has 0 bridgehead atoms. The summed E-state index contributed by atoms with van der Waals surface area (Å²) in [6.07, 6.45) is 0. The van der Waals surface area contributed by atoms with Crippen LogP contribution in [0.2, 0.25) is 0 Å². The van der Waals surface area contributed by atoms with E-state index in [-0.39, 0.29) is 12.8 Å². The minimum absolute atomic E-state index is 0.203. The van der Waals surface area contributed by atoms with E-state index in [1.807, 2.05) is 60.7 Å². The van der Waals surface area contributed by atoms with E-state index in [1.165, 1.54) is 7.11 Å². The van der Waals surface area contributed by atoms with Crippen molar-refractivity contribution >= 4 is 16.9 Å². The van der Waals surface area contributed by atoms with Crippen LogP contribution in [0.1, 0.15) is 10.4 Å². The maximum absolute atomic E-state index is 12.3. The fourth-order valence-corrected chi connectivity index (χ4v) is 4.87. The predicted octanol–water partition coefficient (Wildman–Crippen LogP) is 4.55. The van der Waals surface area contributed by atoms with Gasteiger partial charge in [0.15, 0.2) is 21.5 Å². The summed E-state index contributed by atoms with van der Waals surface area (Å²) in [6, 6.07) is 25.6. The topological polar surface area (TPSA) is 44.8 Å². The summed E-state index contributed by atoms with van der Waals surface area (Å²) in [7, 11) is 2.54. The molecule has 0 heterocycles. The van der Waals surface area contributed by atoms with Crippen molar-refractivity contribution in [3.8, 4) is 5.75 Å². The summed E-state index contributed by atoms with van der Waals surface area (Å²) in [5, 5.41) is 0. The molecule has 5 heteroatoms. The Hall–Kier alpha value is -2.76. The van der Waals surface area contributed by atoms with Crippen LogP contribution in [0.4, 0.5) is 0 Å². The number of methoxy groups -OCH3 is 2. The Morgan fingerprint density at radius 1 is 0.815 bits per heavy atom. The minimum Gasteiger partial charge on any atom is -0.468 e. The number of rotatable bonds is 7. The van der Waals surface area contributed by atoms with E-state index in [4.69, 9.17) is 14.2 Å². The average molecular weight is 381 g/mol. The highest BCUT2D eigenvalue weighted by molar-refractivity contribution is 7.97. The van der Waals surface area contributed by atoms with Crippen molar-refractivity contribution < 1.29 is 19.0 Å². The second-order valence-corrected chi connectivity index (χ2v) is 7.62. The Bertz CT molecular complexity index is 878. The molecule has 27 heavy (non-hydrogen) atoms. The van der Waals surface area contributed by atoms with Gasteiger partial charge in [-0.2, -0.15) is 0 Å². The number of hydrogen-bond donors (Lipinski definition) is 0. The SMILES string of the molecule is COCOc1ccc([S+](c2ccccc2)c2ccccc2C(=O)OC)cc1. The van der Waals surface area contributed by atoms with Gasteiger partial charge in [0.2, 0.25) is 0 Å². The minimum atomic E-state index is -0.450. The summed E-state index contributed by atoms with van der Waals surface area (Å²) in [5.74, 6) is 0.401. The van der Waals surface area contributed by atoms with Gasteiger partial charge < -0.3 is 14.2 Å². The number of carbonyl (C=O) groups is 1. The number of esters is 1. The van der Waals surface area contributed by atoms with Gasteiger partial charge in [-0.3, -0.25) is 0 Å². The largest absolute Gasteiger partial charge is 0.468 e. The standard InChI is InChI=1S/C22H21O4S/c1-24-16-26-17-12-14-19(15-13-17)27(18-8-4-3-5-9-18)21-11-7-6-10-20(21)22(23)25-2/h3-15H,16H2,1-2H3/q+1. The van der Waals surface area contributed by atoms with E-state index in [0.717, 1.165) is 20.4 Å². The Labute approximate surface area is 162 Å². The van der Waals surface area contributed by atoms with Gasteiger partial charge in [-0.25, -0.2) is 4.79 Å². The van der Waals surface area contributed by atoms with E-state index in [9.17, 15) is 4.79 Å². The molecule has 3 rings (SSSR count). The van der Waals surface area contributed by atoms with E-state index in [2.05, 4.69) is 12.1 Å². The third-order valence-electron chi connectivity index (χ3n) is 3.89. The van der Waals surface area contributed by atoms with Gasteiger partial charge in [0, 0.05) is 7.11 Å². The monoisotopic (exact) mass is 381 g/mol. The Balaban J connectivity index is 2.07. The first-order valence-corrected chi connectivity index (χ1v) is 9.65. The second kappa shape index (κ2) is 9.26. The Kier molecular flexibility index (Phi) is 6.52. The van der Waals surface area contributed by atoms with Gasteiger partial charge in [0.25, 0.3) is 0 Å². The summed E-state index contributed by atoms with van der Waals surface area (Å²) in [4.78, 5) is 15.5. The third-order valence-corrected chi connectivity index (χ3v) is 6.18. The lowest BCUT2D eigenvalue weighted by atomic mass is 10.2. The molecule has 0 radical (unpaired) electrons. The zero-order valence-electron chi connectivity index (χ0n) is 15.3. The van der Waals surface area contributed by atoms with E-state index >= 15 is 0 Å². The summed E-state index contributed by atoms with van der Waals surface area (Å²) in [6.45, 7) is 0.203. The third kappa shape index (κ3) is 4.51. The van der Waals surface area contributed by atoms with Crippen LogP contribution in [0.25, 0.3) is 0 Å². The van der Waals surface area contributed by atoms with Gasteiger partial charge >= 0.3 is 5.97 Å². The van der Waals surface area contributed by atoms with Gasteiger partial charge in [-0.1, -0.05) is 30.3 Å². The number of carbonyl (C=O) groups excluding carboxylic acids is 1. The molecule has 0 saturated carbocycles. The van der Waals surface area contributed by atoms with Gasteiger partial charge in [-0.05, 0) is 48.5 Å². The molecule has 0 N–H and O–H groups in total. The van der Waals surface area contributed by atoms with Crippen LogP contribution in [0.15, 0.2) is 93.5 Å².